The molecule has 0 unspecified atom stereocenters. The molecule has 0 atom stereocenters. The van der Waals surface area contributed by atoms with Crippen molar-refractivity contribution in [3.8, 4) is 0 Å². The van der Waals surface area contributed by atoms with Gasteiger partial charge in [0.2, 0.25) is 0 Å². The van der Waals surface area contributed by atoms with Gasteiger partial charge in [-0.1, -0.05) is 0 Å². The molecule has 76 valence electrons. The summed E-state index contributed by atoms with van der Waals surface area (Å²) < 4.78 is 0. The summed E-state index contributed by atoms with van der Waals surface area (Å²) in [6.45, 7) is 0. The van der Waals surface area contributed by atoms with E-state index in [1.165, 1.54) is 0 Å². The van der Waals surface area contributed by atoms with Crippen LogP contribution < -0.4 is 5.32 Å². The highest BCUT2D eigenvalue weighted by atomic mass is 16.3. The molecular weight excluding hydrogens is 178 g/mol. The Bertz CT molecular complexity index is 270. The number of nitrogens with one attached hydrogen (secondary N) is 1. The van der Waals surface area contributed by atoms with Gasteiger partial charge in [0, 0.05) is 18.4 Å². The molecule has 2 rings (SSSR count). The van der Waals surface area contributed by atoms with Crippen molar-refractivity contribution in [1.29, 1.82) is 0 Å². The fraction of sp³-hybridized carbons (Fsp3) is 0.600. The average Bonchev–Trinajstić information content (AvgIpc) is 2.23. The van der Waals surface area contributed by atoms with Crippen molar-refractivity contribution < 1.29 is 5.11 Å². The number of aromatic nitrogens is 2. The zero-order valence-corrected chi connectivity index (χ0v) is 8.06. The van der Waals surface area contributed by atoms with Crippen LogP contribution in [0.2, 0.25) is 0 Å². The molecule has 4 heteroatoms. The van der Waals surface area contributed by atoms with E-state index in [9.17, 15) is 5.11 Å². The van der Waals surface area contributed by atoms with E-state index < -0.39 is 0 Å². The molecule has 0 spiro atoms. The van der Waals surface area contributed by atoms with Crippen LogP contribution in [0.3, 0.4) is 0 Å². The lowest BCUT2D eigenvalue weighted by atomic mass is 9.93. The fourth-order valence-electron chi connectivity index (χ4n) is 1.80. The van der Waals surface area contributed by atoms with Crippen LogP contribution in [-0.4, -0.2) is 27.2 Å². The van der Waals surface area contributed by atoms with Gasteiger partial charge in [0.15, 0.2) is 0 Å². The third kappa shape index (κ3) is 2.42. The van der Waals surface area contributed by atoms with Gasteiger partial charge in [-0.3, -0.25) is 4.98 Å². The Labute approximate surface area is 83.4 Å². The van der Waals surface area contributed by atoms with Crippen LogP contribution >= 0.6 is 0 Å². The predicted molar refractivity (Wildman–Crippen MR) is 53.9 cm³/mol. The molecule has 0 aliphatic heterocycles. The number of anilines is 1. The highest BCUT2D eigenvalue weighted by Gasteiger charge is 2.19. The maximum atomic E-state index is 9.34. The van der Waals surface area contributed by atoms with Crippen LogP contribution in [0.5, 0.6) is 0 Å². The number of rotatable bonds is 2. The van der Waals surface area contributed by atoms with Crippen LogP contribution in [0.25, 0.3) is 0 Å². The maximum Gasteiger partial charge on any atom is 0.144 e. The monoisotopic (exact) mass is 193 g/mol. The summed E-state index contributed by atoms with van der Waals surface area (Å²) in [5, 5.41) is 12.7. The molecule has 0 amide bonds. The first-order chi connectivity index (χ1) is 6.84. The van der Waals surface area contributed by atoms with Crippen LogP contribution in [0.1, 0.15) is 25.7 Å². The second kappa shape index (κ2) is 4.37. The topological polar surface area (TPSA) is 58.0 Å². The first-order valence-electron chi connectivity index (χ1n) is 5.05. The first-order valence-corrected chi connectivity index (χ1v) is 5.05. The van der Waals surface area contributed by atoms with E-state index in [-0.39, 0.29) is 6.10 Å². The summed E-state index contributed by atoms with van der Waals surface area (Å²) in [6.07, 6.45) is 8.77. The molecule has 1 heterocycles. The Balaban J connectivity index is 1.87. The molecule has 1 aromatic heterocycles. The zero-order chi connectivity index (χ0) is 9.80. The van der Waals surface area contributed by atoms with Gasteiger partial charge in [-0.15, -0.1) is 0 Å². The average molecular weight is 193 g/mol. The van der Waals surface area contributed by atoms with Gasteiger partial charge in [-0.05, 0) is 25.7 Å². The van der Waals surface area contributed by atoms with Gasteiger partial charge in [0.1, 0.15) is 5.82 Å². The smallest absolute Gasteiger partial charge is 0.144 e. The van der Waals surface area contributed by atoms with E-state index in [2.05, 4.69) is 15.3 Å². The molecule has 2 N–H and O–H groups in total. The van der Waals surface area contributed by atoms with Gasteiger partial charge < -0.3 is 10.4 Å². The second-order valence-corrected chi connectivity index (χ2v) is 3.74. The van der Waals surface area contributed by atoms with Crippen molar-refractivity contribution in [2.24, 2.45) is 0 Å². The number of hydrogen-bond acceptors (Lipinski definition) is 4. The van der Waals surface area contributed by atoms with E-state index in [1.807, 2.05) is 0 Å². The molecule has 0 saturated heterocycles. The van der Waals surface area contributed by atoms with Gasteiger partial charge in [-0.25, -0.2) is 4.98 Å². The zero-order valence-electron chi connectivity index (χ0n) is 8.06. The summed E-state index contributed by atoms with van der Waals surface area (Å²) in [6, 6.07) is 0.440. The van der Waals surface area contributed by atoms with Crippen molar-refractivity contribution in [3.05, 3.63) is 18.6 Å². The van der Waals surface area contributed by atoms with Crippen LogP contribution in [0.4, 0.5) is 5.82 Å². The molecule has 1 aliphatic carbocycles. The summed E-state index contributed by atoms with van der Waals surface area (Å²) in [7, 11) is 0. The van der Waals surface area contributed by atoms with Crippen molar-refractivity contribution in [3.63, 3.8) is 0 Å². The minimum Gasteiger partial charge on any atom is -0.393 e. The lowest BCUT2D eigenvalue weighted by molar-refractivity contribution is 0.126. The lowest BCUT2D eigenvalue weighted by Crippen LogP contribution is -2.28. The van der Waals surface area contributed by atoms with Gasteiger partial charge in [-0.2, -0.15) is 0 Å². The van der Waals surface area contributed by atoms with E-state index in [0.717, 1.165) is 31.5 Å². The standard InChI is InChI=1S/C10H15N3O/c14-9-3-1-8(2-4-9)13-10-7-11-5-6-12-10/h5-9,14H,1-4H2,(H,12,13)/t8-,9+. The second-order valence-electron chi connectivity index (χ2n) is 3.74. The number of hydrogen-bond donors (Lipinski definition) is 2. The third-order valence-corrected chi connectivity index (χ3v) is 2.61. The van der Waals surface area contributed by atoms with Crippen molar-refractivity contribution in [1.82, 2.24) is 9.97 Å². The Kier molecular flexibility index (Phi) is 2.93. The number of aliphatic hydroxyl groups excluding tert-OH is 1. The molecule has 1 aromatic rings. The number of nitrogens with zero attached hydrogens (tertiary/aromatic N) is 2. The summed E-state index contributed by atoms with van der Waals surface area (Å²) in [5.41, 5.74) is 0. The molecule has 1 aliphatic rings. The molecule has 4 nitrogen and oxygen atoms in total. The quantitative estimate of drug-likeness (QED) is 0.740. The van der Waals surface area contributed by atoms with Crippen molar-refractivity contribution >= 4 is 5.82 Å². The summed E-state index contributed by atoms with van der Waals surface area (Å²) >= 11 is 0. The van der Waals surface area contributed by atoms with Crippen molar-refractivity contribution in [2.45, 2.75) is 37.8 Å². The van der Waals surface area contributed by atoms with E-state index in [1.54, 1.807) is 18.6 Å². The molecule has 0 radical (unpaired) electrons. The minimum absolute atomic E-state index is 0.102. The first kappa shape index (κ1) is 9.40. The van der Waals surface area contributed by atoms with Gasteiger partial charge >= 0.3 is 0 Å². The summed E-state index contributed by atoms with van der Waals surface area (Å²) in [5.74, 6) is 0.828. The third-order valence-electron chi connectivity index (χ3n) is 2.61. The molecule has 0 bridgehead atoms. The van der Waals surface area contributed by atoms with Gasteiger partial charge in [0.05, 0.1) is 12.3 Å². The fourth-order valence-corrected chi connectivity index (χ4v) is 1.80. The van der Waals surface area contributed by atoms with Gasteiger partial charge in [0.25, 0.3) is 0 Å². The van der Waals surface area contributed by atoms with E-state index in [4.69, 9.17) is 0 Å². The Hall–Kier alpha value is -1.16. The van der Waals surface area contributed by atoms with Crippen LogP contribution in [0, 0.1) is 0 Å². The maximum absolute atomic E-state index is 9.34. The Morgan fingerprint density at radius 3 is 2.64 bits per heavy atom. The Morgan fingerprint density at radius 2 is 2.00 bits per heavy atom. The number of aliphatic hydroxyl groups is 1. The molecular formula is C10H15N3O. The molecule has 1 fully saturated rings. The lowest BCUT2D eigenvalue weighted by Gasteiger charge is -2.26. The largest absolute Gasteiger partial charge is 0.393 e. The highest BCUT2D eigenvalue weighted by Crippen LogP contribution is 2.20. The predicted octanol–water partition coefficient (Wildman–Crippen LogP) is 1.19. The SMILES string of the molecule is O[C@H]1CC[C@@H](Nc2cnccn2)CC1. The summed E-state index contributed by atoms with van der Waals surface area (Å²) in [4.78, 5) is 8.15. The minimum atomic E-state index is -0.102. The van der Waals surface area contributed by atoms with E-state index >= 15 is 0 Å². The molecule has 0 aromatic carbocycles. The molecule has 1 saturated carbocycles. The highest BCUT2D eigenvalue weighted by molar-refractivity contribution is 5.31. The van der Waals surface area contributed by atoms with Crippen LogP contribution in [-0.2, 0) is 0 Å². The van der Waals surface area contributed by atoms with E-state index in [0.29, 0.717) is 6.04 Å². The normalized spacial score (nSPS) is 27.2. The Morgan fingerprint density at radius 1 is 1.21 bits per heavy atom. The van der Waals surface area contributed by atoms with Crippen LogP contribution in [0.15, 0.2) is 18.6 Å². The molecule has 14 heavy (non-hydrogen) atoms. The van der Waals surface area contributed by atoms with Crippen molar-refractivity contribution in [2.75, 3.05) is 5.32 Å².